The van der Waals surface area contributed by atoms with Crippen LogP contribution in [-0.2, 0) is 6.42 Å². The highest BCUT2D eigenvalue weighted by Crippen LogP contribution is 2.30. The third kappa shape index (κ3) is 2.95. The Hall–Kier alpha value is -2.32. The second-order valence-electron chi connectivity index (χ2n) is 5.26. The molecule has 0 fully saturated rings. The Labute approximate surface area is 143 Å². The van der Waals surface area contributed by atoms with Crippen molar-refractivity contribution in [3.8, 4) is 23.1 Å². The number of hydrogen-bond acceptors (Lipinski definition) is 3. The number of halogens is 1. The van der Waals surface area contributed by atoms with Crippen molar-refractivity contribution in [2.45, 2.75) is 20.3 Å². The molecule has 5 heteroatoms. The molecule has 0 aliphatic rings. The van der Waals surface area contributed by atoms with E-state index in [0.29, 0.717) is 13.0 Å². The number of fused-ring (bicyclic) bond motifs is 1. The Morgan fingerprint density at radius 2 is 2.04 bits per heavy atom. The Balaban J connectivity index is 2.18. The molecule has 0 aliphatic heterocycles. The van der Waals surface area contributed by atoms with Gasteiger partial charge in [-0.2, -0.15) is 5.26 Å². The van der Waals surface area contributed by atoms with Crippen molar-refractivity contribution < 1.29 is 4.74 Å². The van der Waals surface area contributed by atoms with E-state index < -0.39 is 0 Å². The van der Waals surface area contributed by atoms with Crippen molar-refractivity contribution in [3.05, 3.63) is 52.3 Å². The number of nitrogens with zero attached hydrogens (tertiary/aromatic N) is 3. The predicted molar refractivity (Wildman–Crippen MR) is 93.6 cm³/mol. The predicted octanol–water partition coefficient (Wildman–Crippen LogP) is 4.54. The fraction of sp³-hybridized carbons (Fsp3) is 0.222. The molecule has 0 atom stereocenters. The summed E-state index contributed by atoms with van der Waals surface area (Å²) in [5, 5.41) is 9.20. The number of benzene rings is 1. The van der Waals surface area contributed by atoms with Crippen LogP contribution in [0.15, 0.2) is 41.0 Å². The van der Waals surface area contributed by atoms with Crippen LogP contribution in [0.5, 0.6) is 5.75 Å². The summed E-state index contributed by atoms with van der Waals surface area (Å²) in [6.07, 6.45) is 2.32. The fourth-order valence-electron chi connectivity index (χ4n) is 2.63. The van der Waals surface area contributed by atoms with Gasteiger partial charge in [0.2, 0.25) is 0 Å². The quantitative estimate of drug-likeness (QED) is 0.678. The van der Waals surface area contributed by atoms with Gasteiger partial charge in [-0.05, 0) is 65.7 Å². The summed E-state index contributed by atoms with van der Waals surface area (Å²) in [6.45, 7) is 4.62. The normalized spacial score (nSPS) is 10.7. The lowest BCUT2D eigenvalue weighted by molar-refractivity contribution is 0.340. The van der Waals surface area contributed by atoms with Crippen LogP contribution in [0.3, 0.4) is 0 Å². The van der Waals surface area contributed by atoms with Gasteiger partial charge in [-0.25, -0.2) is 4.98 Å². The number of pyridine rings is 1. The van der Waals surface area contributed by atoms with E-state index in [1.807, 2.05) is 54.8 Å². The number of hydrogen-bond donors (Lipinski definition) is 0. The molecule has 2 aromatic heterocycles. The zero-order valence-electron chi connectivity index (χ0n) is 13.0. The van der Waals surface area contributed by atoms with E-state index in [1.165, 1.54) is 0 Å². The summed E-state index contributed by atoms with van der Waals surface area (Å²) in [5.74, 6) is 0.832. The molecule has 116 valence electrons. The third-order valence-corrected chi connectivity index (χ3v) is 4.18. The van der Waals surface area contributed by atoms with Gasteiger partial charge in [-0.15, -0.1) is 0 Å². The molecule has 3 rings (SSSR count). The third-order valence-electron chi connectivity index (χ3n) is 3.60. The maximum Gasteiger partial charge on any atom is 0.152 e. The fourth-order valence-corrected chi connectivity index (χ4v) is 3.27. The summed E-state index contributed by atoms with van der Waals surface area (Å²) >= 11 is 3.56. The second-order valence-corrected chi connectivity index (χ2v) is 6.11. The zero-order valence-corrected chi connectivity index (χ0v) is 14.6. The summed E-state index contributed by atoms with van der Waals surface area (Å²) in [7, 11) is 0. The molecule has 1 aromatic carbocycles. The van der Waals surface area contributed by atoms with Crippen LogP contribution in [0.4, 0.5) is 0 Å². The standard InChI is InChI=1S/C18H16BrN3O/c1-3-23-14-6-4-13(5-7-14)17-16(8-9-20)22-11-12(2)10-15(19)18(22)21-17/h4-7,10-11H,3,8H2,1-2H3. The van der Waals surface area contributed by atoms with Gasteiger partial charge < -0.3 is 9.14 Å². The SMILES string of the molecule is CCOc1ccc(-c2nc3c(Br)cc(C)cn3c2CC#N)cc1. The van der Waals surface area contributed by atoms with Crippen molar-refractivity contribution in [3.63, 3.8) is 0 Å². The highest BCUT2D eigenvalue weighted by molar-refractivity contribution is 9.10. The maximum atomic E-state index is 9.20. The van der Waals surface area contributed by atoms with Crippen LogP contribution in [-0.4, -0.2) is 16.0 Å². The summed E-state index contributed by atoms with van der Waals surface area (Å²) in [4.78, 5) is 4.74. The molecule has 0 N–H and O–H groups in total. The Morgan fingerprint density at radius 3 is 2.70 bits per heavy atom. The van der Waals surface area contributed by atoms with Crippen LogP contribution in [0.25, 0.3) is 16.9 Å². The van der Waals surface area contributed by atoms with E-state index in [9.17, 15) is 5.26 Å². The second kappa shape index (κ2) is 6.43. The van der Waals surface area contributed by atoms with Crippen LogP contribution in [0, 0.1) is 18.3 Å². The monoisotopic (exact) mass is 369 g/mol. The molecule has 0 spiro atoms. The summed E-state index contributed by atoms with van der Waals surface area (Å²) in [5.41, 5.74) is 4.65. The molecule has 4 nitrogen and oxygen atoms in total. The molecule has 0 bridgehead atoms. The van der Waals surface area contributed by atoms with Crippen molar-refractivity contribution in [2.75, 3.05) is 6.61 Å². The molecular formula is C18H16BrN3O. The Morgan fingerprint density at radius 1 is 1.30 bits per heavy atom. The highest BCUT2D eigenvalue weighted by Gasteiger charge is 2.16. The molecule has 0 unspecified atom stereocenters. The largest absolute Gasteiger partial charge is 0.494 e. The van der Waals surface area contributed by atoms with Crippen LogP contribution in [0.2, 0.25) is 0 Å². The number of ether oxygens (including phenoxy) is 1. The zero-order chi connectivity index (χ0) is 16.4. The maximum absolute atomic E-state index is 9.20. The molecule has 0 aliphatic carbocycles. The smallest absolute Gasteiger partial charge is 0.152 e. The van der Waals surface area contributed by atoms with Gasteiger partial charge in [0.1, 0.15) is 5.75 Å². The minimum absolute atomic E-state index is 0.305. The molecule has 0 radical (unpaired) electrons. The average molecular weight is 370 g/mol. The summed E-state index contributed by atoms with van der Waals surface area (Å²) in [6, 6.07) is 12.1. The van der Waals surface area contributed by atoms with Gasteiger partial charge in [-0.1, -0.05) is 0 Å². The minimum atomic E-state index is 0.305. The first-order valence-corrected chi connectivity index (χ1v) is 8.20. The molecule has 0 saturated carbocycles. The number of nitriles is 1. The van der Waals surface area contributed by atoms with E-state index in [0.717, 1.165) is 38.4 Å². The highest BCUT2D eigenvalue weighted by atomic mass is 79.9. The van der Waals surface area contributed by atoms with E-state index in [1.54, 1.807) is 0 Å². The minimum Gasteiger partial charge on any atom is -0.494 e. The van der Waals surface area contributed by atoms with Gasteiger partial charge in [-0.3, -0.25) is 0 Å². The molecule has 3 aromatic rings. The van der Waals surface area contributed by atoms with Crippen LogP contribution < -0.4 is 4.74 Å². The number of aryl methyl sites for hydroxylation is 1. The van der Waals surface area contributed by atoms with Gasteiger partial charge >= 0.3 is 0 Å². The topological polar surface area (TPSA) is 50.3 Å². The first kappa shape index (κ1) is 15.6. The first-order valence-electron chi connectivity index (χ1n) is 7.41. The molecule has 2 heterocycles. The lowest BCUT2D eigenvalue weighted by atomic mass is 10.1. The van der Waals surface area contributed by atoms with Crippen LogP contribution >= 0.6 is 15.9 Å². The molecular weight excluding hydrogens is 354 g/mol. The van der Waals surface area contributed by atoms with Crippen molar-refractivity contribution >= 4 is 21.6 Å². The number of imidazole rings is 1. The lowest BCUT2D eigenvalue weighted by Crippen LogP contribution is -1.95. The summed E-state index contributed by atoms with van der Waals surface area (Å²) < 4.78 is 8.40. The number of aromatic nitrogens is 2. The van der Waals surface area contributed by atoms with E-state index in [4.69, 9.17) is 9.72 Å². The molecule has 23 heavy (non-hydrogen) atoms. The van der Waals surface area contributed by atoms with Gasteiger partial charge in [0, 0.05) is 11.8 Å². The van der Waals surface area contributed by atoms with Gasteiger partial charge in [0.15, 0.2) is 5.65 Å². The number of rotatable bonds is 4. The van der Waals surface area contributed by atoms with Gasteiger partial charge in [0.05, 0.1) is 35.0 Å². The van der Waals surface area contributed by atoms with Gasteiger partial charge in [0.25, 0.3) is 0 Å². The lowest BCUT2D eigenvalue weighted by Gasteiger charge is -2.05. The van der Waals surface area contributed by atoms with Crippen molar-refractivity contribution in [1.82, 2.24) is 9.38 Å². The first-order chi connectivity index (χ1) is 11.1. The molecule has 0 saturated heterocycles. The van der Waals surface area contributed by atoms with Crippen molar-refractivity contribution in [1.29, 1.82) is 5.26 Å². The Kier molecular flexibility index (Phi) is 4.35. The van der Waals surface area contributed by atoms with E-state index >= 15 is 0 Å². The van der Waals surface area contributed by atoms with E-state index in [-0.39, 0.29) is 0 Å². The average Bonchev–Trinajstić information content (AvgIpc) is 2.88. The van der Waals surface area contributed by atoms with Crippen LogP contribution in [0.1, 0.15) is 18.2 Å². The van der Waals surface area contributed by atoms with Crippen molar-refractivity contribution in [2.24, 2.45) is 0 Å². The molecule has 0 amide bonds. The Bertz CT molecular complexity index is 891. The van der Waals surface area contributed by atoms with E-state index in [2.05, 4.69) is 22.0 Å².